The van der Waals surface area contributed by atoms with Crippen molar-refractivity contribution in [1.82, 2.24) is 0 Å². The van der Waals surface area contributed by atoms with Gasteiger partial charge in [0.25, 0.3) is 0 Å². The van der Waals surface area contributed by atoms with Crippen LogP contribution in [-0.2, 0) is 9.15 Å². The van der Waals surface area contributed by atoms with E-state index in [1.54, 1.807) is 6.92 Å². The van der Waals surface area contributed by atoms with Crippen molar-refractivity contribution in [3.05, 3.63) is 35.4 Å². The predicted octanol–water partition coefficient (Wildman–Crippen LogP) is 2.08. The minimum atomic E-state index is -4.49. The van der Waals surface area contributed by atoms with Gasteiger partial charge in [-0.3, -0.25) is 0 Å². The molecule has 1 aromatic carbocycles. The van der Waals surface area contributed by atoms with Crippen molar-refractivity contribution in [3.8, 4) is 0 Å². The van der Waals surface area contributed by atoms with E-state index in [1.807, 2.05) is 18.2 Å². The van der Waals surface area contributed by atoms with Crippen LogP contribution in [0.2, 0.25) is 0 Å². The molecule has 6 heteroatoms. The van der Waals surface area contributed by atoms with Gasteiger partial charge in [-0.05, 0) is 52.7 Å². The lowest BCUT2D eigenvalue weighted by atomic mass is 9.79. The maximum atomic E-state index is 11.1. The molecule has 1 aliphatic rings. The van der Waals surface area contributed by atoms with Crippen LogP contribution in [0, 0.1) is 15.7 Å². The highest BCUT2D eigenvalue weighted by Gasteiger charge is 2.33. The molecule has 0 aromatic heterocycles. The molecular formula is C18H25ClO4S. The first-order valence-electron chi connectivity index (χ1n) is 7.76. The van der Waals surface area contributed by atoms with Crippen molar-refractivity contribution in [2.45, 2.75) is 58.8 Å². The second-order valence-corrected chi connectivity index (χ2v) is 11.0. The van der Waals surface area contributed by atoms with E-state index in [4.69, 9.17) is 3.74 Å². The Hall–Kier alpha value is -0.690. The van der Waals surface area contributed by atoms with Crippen molar-refractivity contribution in [2.24, 2.45) is 5.41 Å². The third kappa shape index (κ3) is 4.28. The molecule has 1 unspecified atom stereocenters. The number of fused-ring (bicyclic) bond motifs is 1. The van der Waals surface area contributed by atoms with E-state index < -0.39 is 21.0 Å². The summed E-state index contributed by atoms with van der Waals surface area (Å²) in [5, 5.41) is 0. The third-order valence-electron chi connectivity index (χ3n) is 3.92. The Labute approximate surface area is 149 Å². The van der Waals surface area contributed by atoms with Crippen molar-refractivity contribution in [1.29, 1.82) is 0 Å². The smallest absolute Gasteiger partial charge is 0.143 e. The summed E-state index contributed by atoms with van der Waals surface area (Å²) in [6.45, 7) is 14.5. The normalized spacial score (nSPS) is 19.2. The average molecular weight is 373 g/mol. The third-order valence-corrected chi connectivity index (χ3v) is 6.50. The molecule has 4 nitrogen and oxygen atoms in total. The van der Waals surface area contributed by atoms with E-state index in [-0.39, 0.29) is 10.8 Å². The van der Waals surface area contributed by atoms with E-state index >= 15 is 0 Å². The van der Waals surface area contributed by atoms with Gasteiger partial charge >= 0.3 is 0 Å². The summed E-state index contributed by atoms with van der Waals surface area (Å²) in [6.07, 6.45) is 1.96. The Kier molecular flexibility index (Phi) is 5.10. The Morgan fingerprint density at radius 2 is 1.54 bits per heavy atom. The number of benzene rings is 1. The van der Waals surface area contributed by atoms with Crippen molar-refractivity contribution >= 4 is 21.2 Å². The van der Waals surface area contributed by atoms with Gasteiger partial charge in [-0.2, -0.15) is 14.0 Å². The van der Waals surface area contributed by atoms with E-state index in [0.29, 0.717) is 0 Å². The predicted molar refractivity (Wildman–Crippen MR) is 90.2 cm³/mol. The van der Waals surface area contributed by atoms with Crippen LogP contribution in [-0.4, -0.2) is 4.86 Å². The van der Waals surface area contributed by atoms with Gasteiger partial charge in [0, 0.05) is 4.86 Å². The fourth-order valence-electron chi connectivity index (χ4n) is 2.66. The highest BCUT2D eigenvalue weighted by atomic mass is 35.7. The first-order chi connectivity index (χ1) is 10.7. The standard InChI is InChI=1S/C18H25ClO4S/c1-12-10-15(18(5,6)7)14-11-13(17(2,3)4)8-9-16(14)24(12)23-19(20,21)22/h8-11H,1-7H3. The van der Waals surface area contributed by atoms with Crippen LogP contribution in [0.15, 0.2) is 29.2 Å². The second kappa shape index (κ2) is 6.24. The monoisotopic (exact) mass is 372 g/mol. The van der Waals surface area contributed by atoms with Gasteiger partial charge in [0.1, 0.15) is 14.5 Å². The fourth-order valence-corrected chi connectivity index (χ4v) is 5.08. The summed E-state index contributed by atoms with van der Waals surface area (Å²) in [5.41, 5.74) is 3.09. The lowest BCUT2D eigenvalue weighted by molar-refractivity contribution is -1.91. The van der Waals surface area contributed by atoms with Crippen LogP contribution in [0.5, 0.6) is 0 Å². The van der Waals surface area contributed by atoms with E-state index in [0.717, 1.165) is 26.5 Å². The zero-order valence-corrected chi connectivity index (χ0v) is 16.8. The van der Waals surface area contributed by atoms with Crippen LogP contribution >= 0.6 is 10.8 Å². The van der Waals surface area contributed by atoms with Crippen LogP contribution in [0.1, 0.15) is 59.6 Å². The number of hydrogen-bond donors (Lipinski definition) is 0. The first kappa shape index (κ1) is 19.6. The van der Waals surface area contributed by atoms with Crippen LogP contribution < -0.4 is 14.0 Å². The van der Waals surface area contributed by atoms with Gasteiger partial charge in [0.15, 0.2) is 0 Å². The summed E-state index contributed by atoms with van der Waals surface area (Å²) >= 11 is 0. The molecule has 134 valence electrons. The Morgan fingerprint density at radius 3 is 2.00 bits per heavy atom. The molecule has 1 heterocycles. The van der Waals surface area contributed by atoms with Crippen molar-refractivity contribution in [3.63, 3.8) is 0 Å². The molecule has 24 heavy (non-hydrogen) atoms. The SMILES string of the molecule is CC1=S(O[Cl+3]([O-])([O-])[O-])c2ccc(C(C)(C)C)cc2C(C(C)(C)C)=C1. The highest BCUT2D eigenvalue weighted by Crippen LogP contribution is 2.47. The molecular weight excluding hydrogens is 348 g/mol. The molecule has 1 aromatic rings. The molecule has 0 bridgehead atoms. The molecule has 2 rings (SSSR count). The summed E-state index contributed by atoms with van der Waals surface area (Å²) in [6, 6.07) is 5.97. The van der Waals surface area contributed by atoms with Gasteiger partial charge in [0.05, 0.1) is 15.1 Å². The number of halogens is 1. The van der Waals surface area contributed by atoms with Crippen molar-refractivity contribution in [2.75, 3.05) is 0 Å². The van der Waals surface area contributed by atoms with Gasteiger partial charge in [-0.25, -0.2) is 0 Å². The van der Waals surface area contributed by atoms with Gasteiger partial charge < -0.3 is 0 Å². The quantitative estimate of drug-likeness (QED) is 0.744. The summed E-state index contributed by atoms with van der Waals surface area (Å²) < 4.78 is 38.2. The second-order valence-electron chi connectivity index (χ2n) is 8.09. The number of hydrogen-bond acceptors (Lipinski definition) is 4. The molecule has 1 atom stereocenters. The zero-order valence-electron chi connectivity index (χ0n) is 15.2. The number of allylic oxidation sites excluding steroid dienone is 2. The maximum Gasteiger partial charge on any atom is 0.143 e. The fraction of sp³-hybridized carbons (Fsp3) is 0.500. The largest absolute Gasteiger partial charge is 0.182 e. The van der Waals surface area contributed by atoms with E-state index in [1.165, 1.54) is 0 Å². The van der Waals surface area contributed by atoms with Crippen LogP contribution in [0.4, 0.5) is 0 Å². The molecule has 0 saturated carbocycles. The van der Waals surface area contributed by atoms with Crippen LogP contribution in [0.25, 0.3) is 5.57 Å². The lowest BCUT2D eigenvalue weighted by Crippen LogP contribution is -2.60. The molecule has 0 radical (unpaired) electrons. The zero-order chi connectivity index (χ0) is 18.5. The molecule has 0 fully saturated rings. The summed E-state index contributed by atoms with van der Waals surface area (Å²) in [5.74, 6) is 0. The maximum absolute atomic E-state index is 11.1. The summed E-state index contributed by atoms with van der Waals surface area (Å²) in [7, 11) is -5.68. The Morgan fingerprint density at radius 1 is 0.958 bits per heavy atom. The lowest BCUT2D eigenvalue weighted by Gasteiger charge is -2.31. The molecule has 1 aliphatic heterocycles. The Bertz CT molecular complexity index is 716. The van der Waals surface area contributed by atoms with Gasteiger partial charge in [-0.15, -0.1) is 0 Å². The topological polar surface area (TPSA) is 78.4 Å². The Balaban J connectivity index is 2.72. The van der Waals surface area contributed by atoms with E-state index in [9.17, 15) is 14.0 Å². The number of rotatable bonds is 2. The highest BCUT2D eigenvalue weighted by molar-refractivity contribution is 8.12. The molecule has 0 spiro atoms. The van der Waals surface area contributed by atoms with Gasteiger partial charge in [-0.1, -0.05) is 47.6 Å². The van der Waals surface area contributed by atoms with Crippen molar-refractivity contribution < 1.29 is 28.0 Å². The van der Waals surface area contributed by atoms with Crippen LogP contribution in [0.3, 0.4) is 0 Å². The average Bonchev–Trinajstić information content (AvgIpc) is 2.37. The van der Waals surface area contributed by atoms with E-state index in [2.05, 4.69) is 47.6 Å². The molecule has 0 amide bonds. The molecule has 0 N–H and O–H groups in total. The minimum Gasteiger partial charge on any atom is -0.182 e. The molecule has 0 saturated heterocycles. The van der Waals surface area contributed by atoms with Gasteiger partial charge in [0.2, 0.25) is 0 Å². The first-order valence-corrected chi connectivity index (χ1v) is 10.1. The summed E-state index contributed by atoms with van der Waals surface area (Å²) in [4.78, 5) is 1.49. The molecule has 0 aliphatic carbocycles. The minimum absolute atomic E-state index is 0.0312.